The summed E-state index contributed by atoms with van der Waals surface area (Å²) < 4.78 is 7.42. The smallest absolute Gasteiger partial charge is 0.255 e. The quantitative estimate of drug-likeness (QED) is 0.602. The van der Waals surface area contributed by atoms with Crippen LogP contribution in [0.5, 0.6) is 5.75 Å². The van der Waals surface area contributed by atoms with Gasteiger partial charge in [-0.05, 0) is 81.1 Å². The standard InChI is InChI=1S/C23H25N5O3/c1-16(28-15-24-14-25-28)22(29)26-18-8-10-19(11-9-18)27-23(30)17-6-12-21(13-7-17)31-20-4-2-3-5-20/h6-16,20H,2-5H2,1H3,(H,26,29)(H,27,30). The number of hydrogen-bond acceptors (Lipinski definition) is 5. The maximum absolute atomic E-state index is 12.5. The fraction of sp³-hybridized carbons (Fsp3) is 0.304. The molecule has 0 saturated heterocycles. The van der Waals surface area contributed by atoms with Gasteiger partial charge in [-0.25, -0.2) is 9.67 Å². The van der Waals surface area contributed by atoms with E-state index in [2.05, 4.69) is 20.7 Å². The Morgan fingerprint density at radius 2 is 1.65 bits per heavy atom. The maximum atomic E-state index is 12.5. The number of carbonyl (C=O) groups excluding carboxylic acids is 2. The first-order valence-corrected chi connectivity index (χ1v) is 10.4. The number of hydrogen-bond donors (Lipinski definition) is 2. The van der Waals surface area contributed by atoms with E-state index in [-0.39, 0.29) is 17.9 Å². The summed E-state index contributed by atoms with van der Waals surface area (Å²) in [5, 5.41) is 9.66. The largest absolute Gasteiger partial charge is 0.490 e. The monoisotopic (exact) mass is 419 g/mol. The molecular weight excluding hydrogens is 394 g/mol. The van der Waals surface area contributed by atoms with Crippen molar-refractivity contribution in [3.8, 4) is 5.75 Å². The lowest BCUT2D eigenvalue weighted by Gasteiger charge is -2.13. The maximum Gasteiger partial charge on any atom is 0.255 e. The molecule has 1 atom stereocenters. The lowest BCUT2D eigenvalue weighted by molar-refractivity contribution is -0.119. The number of rotatable bonds is 7. The highest BCUT2D eigenvalue weighted by Gasteiger charge is 2.17. The Bertz CT molecular complexity index is 1010. The van der Waals surface area contributed by atoms with Gasteiger partial charge in [-0.15, -0.1) is 0 Å². The molecule has 0 spiro atoms. The Balaban J connectivity index is 1.31. The molecule has 3 aromatic rings. The van der Waals surface area contributed by atoms with Crippen molar-refractivity contribution in [3.63, 3.8) is 0 Å². The average Bonchev–Trinajstić information content (AvgIpc) is 3.49. The van der Waals surface area contributed by atoms with E-state index in [0.717, 1.165) is 18.6 Å². The molecule has 8 nitrogen and oxygen atoms in total. The second-order valence-electron chi connectivity index (χ2n) is 7.62. The fourth-order valence-corrected chi connectivity index (χ4v) is 3.51. The molecule has 4 rings (SSSR count). The SMILES string of the molecule is CC(C(=O)Nc1ccc(NC(=O)c2ccc(OC3CCCC3)cc2)cc1)n1cncn1. The molecule has 31 heavy (non-hydrogen) atoms. The van der Waals surface area contributed by atoms with E-state index in [9.17, 15) is 9.59 Å². The first-order chi connectivity index (χ1) is 15.1. The van der Waals surface area contributed by atoms with Crippen LogP contribution >= 0.6 is 0 Å². The summed E-state index contributed by atoms with van der Waals surface area (Å²) in [5.41, 5.74) is 1.82. The molecule has 1 aliphatic carbocycles. The third-order valence-electron chi connectivity index (χ3n) is 5.34. The molecular formula is C23H25N5O3. The van der Waals surface area contributed by atoms with Crippen LogP contribution in [0.1, 0.15) is 49.0 Å². The van der Waals surface area contributed by atoms with Crippen molar-refractivity contribution in [3.05, 3.63) is 66.7 Å². The second kappa shape index (κ2) is 9.42. The number of amides is 2. The lowest BCUT2D eigenvalue weighted by atomic mass is 10.2. The van der Waals surface area contributed by atoms with Gasteiger partial charge in [-0.1, -0.05) is 0 Å². The summed E-state index contributed by atoms with van der Waals surface area (Å²) in [6.07, 6.45) is 7.80. The molecule has 1 aromatic heterocycles. The first kappa shape index (κ1) is 20.6. The van der Waals surface area contributed by atoms with E-state index in [1.54, 1.807) is 43.3 Å². The van der Waals surface area contributed by atoms with E-state index in [1.807, 2.05) is 12.1 Å². The van der Waals surface area contributed by atoms with Gasteiger partial charge in [-0.3, -0.25) is 9.59 Å². The highest BCUT2D eigenvalue weighted by Crippen LogP contribution is 2.24. The zero-order valence-corrected chi connectivity index (χ0v) is 17.3. The van der Waals surface area contributed by atoms with Gasteiger partial charge in [0.2, 0.25) is 5.91 Å². The fourth-order valence-electron chi connectivity index (χ4n) is 3.51. The predicted molar refractivity (Wildman–Crippen MR) is 117 cm³/mol. The van der Waals surface area contributed by atoms with Crippen molar-refractivity contribution < 1.29 is 14.3 Å². The normalized spacial score (nSPS) is 14.7. The minimum absolute atomic E-state index is 0.205. The Kier molecular flexibility index (Phi) is 6.26. The van der Waals surface area contributed by atoms with E-state index in [1.165, 1.54) is 30.2 Å². The molecule has 2 aromatic carbocycles. The van der Waals surface area contributed by atoms with Crippen molar-refractivity contribution in [2.24, 2.45) is 0 Å². The van der Waals surface area contributed by atoms with Crippen molar-refractivity contribution in [2.75, 3.05) is 10.6 Å². The van der Waals surface area contributed by atoms with Gasteiger partial charge >= 0.3 is 0 Å². The van der Waals surface area contributed by atoms with Gasteiger partial charge in [0.1, 0.15) is 24.4 Å². The van der Waals surface area contributed by atoms with Crippen molar-refractivity contribution in [1.82, 2.24) is 14.8 Å². The number of benzene rings is 2. The van der Waals surface area contributed by atoms with Gasteiger partial charge in [0, 0.05) is 16.9 Å². The van der Waals surface area contributed by atoms with Crippen LogP contribution in [0.2, 0.25) is 0 Å². The summed E-state index contributed by atoms with van der Waals surface area (Å²) in [6.45, 7) is 1.74. The van der Waals surface area contributed by atoms with Gasteiger partial charge in [0.15, 0.2) is 0 Å². The van der Waals surface area contributed by atoms with Gasteiger partial charge < -0.3 is 15.4 Å². The number of nitrogens with zero attached hydrogens (tertiary/aromatic N) is 3. The van der Waals surface area contributed by atoms with Crippen LogP contribution in [0.15, 0.2) is 61.2 Å². The molecule has 0 radical (unpaired) electrons. The molecule has 0 aliphatic heterocycles. The number of ether oxygens (including phenoxy) is 1. The van der Waals surface area contributed by atoms with E-state index in [0.29, 0.717) is 16.9 Å². The minimum Gasteiger partial charge on any atom is -0.490 e. The summed E-state index contributed by atoms with van der Waals surface area (Å²) >= 11 is 0. The minimum atomic E-state index is -0.484. The van der Waals surface area contributed by atoms with Gasteiger partial charge in [0.25, 0.3) is 5.91 Å². The van der Waals surface area contributed by atoms with Gasteiger partial charge in [0.05, 0.1) is 6.10 Å². The highest BCUT2D eigenvalue weighted by molar-refractivity contribution is 6.04. The molecule has 1 heterocycles. The molecule has 1 unspecified atom stereocenters. The van der Waals surface area contributed by atoms with Gasteiger partial charge in [-0.2, -0.15) is 5.10 Å². The Hall–Kier alpha value is -3.68. The Labute approximate surface area is 180 Å². The van der Waals surface area contributed by atoms with Crippen molar-refractivity contribution >= 4 is 23.2 Å². The molecule has 1 saturated carbocycles. The lowest BCUT2D eigenvalue weighted by Crippen LogP contribution is -2.24. The first-order valence-electron chi connectivity index (χ1n) is 10.4. The van der Waals surface area contributed by atoms with Crippen LogP contribution < -0.4 is 15.4 Å². The molecule has 1 aliphatic rings. The predicted octanol–water partition coefficient (Wildman–Crippen LogP) is 4.05. The third kappa shape index (κ3) is 5.28. The zero-order valence-electron chi connectivity index (χ0n) is 17.3. The molecule has 2 N–H and O–H groups in total. The van der Waals surface area contributed by atoms with Crippen LogP contribution in [0.25, 0.3) is 0 Å². The van der Waals surface area contributed by atoms with Crippen LogP contribution in [0.4, 0.5) is 11.4 Å². The van der Waals surface area contributed by atoms with E-state index >= 15 is 0 Å². The number of carbonyl (C=O) groups is 2. The van der Waals surface area contributed by atoms with Crippen LogP contribution in [-0.4, -0.2) is 32.7 Å². The average molecular weight is 419 g/mol. The van der Waals surface area contributed by atoms with E-state index < -0.39 is 6.04 Å². The Morgan fingerprint density at radius 1 is 1.00 bits per heavy atom. The summed E-state index contributed by atoms with van der Waals surface area (Å²) in [5.74, 6) is 0.384. The molecule has 160 valence electrons. The van der Waals surface area contributed by atoms with Crippen molar-refractivity contribution in [1.29, 1.82) is 0 Å². The highest BCUT2D eigenvalue weighted by atomic mass is 16.5. The molecule has 2 amide bonds. The topological polar surface area (TPSA) is 98.1 Å². The second-order valence-corrected chi connectivity index (χ2v) is 7.62. The number of nitrogens with one attached hydrogen (secondary N) is 2. The Morgan fingerprint density at radius 3 is 2.26 bits per heavy atom. The van der Waals surface area contributed by atoms with Crippen LogP contribution in [-0.2, 0) is 4.79 Å². The van der Waals surface area contributed by atoms with Crippen LogP contribution in [0, 0.1) is 0 Å². The van der Waals surface area contributed by atoms with Crippen LogP contribution in [0.3, 0.4) is 0 Å². The molecule has 1 fully saturated rings. The van der Waals surface area contributed by atoms with E-state index in [4.69, 9.17) is 4.74 Å². The third-order valence-corrected chi connectivity index (χ3v) is 5.34. The molecule has 8 heteroatoms. The number of aromatic nitrogens is 3. The number of anilines is 2. The summed E-state index contributed by atoms with van der Waals surface area (Å²) in [4.78, 5) is 28.7. The summed E-state index contributed by atoms with van der Waals surface area (Å²) in [6, 6.07) is 13.7. The van der Waals surface area contributed by atoms with Crippen molar-refractivity contribution in [2.45, 2.75) is 44.8 Å². The molecule has 0 bridgehead atoms. The summed E-state index contributed by atoms with van der Waals surface area (Å²) in [7, 11) is 0. The zero-order chi connectivity index (χ0) is 21.6.